The third-order valence-corrected chi connectivity index (χ3v) is 3.96. The Morgan fingerprint density at radius 1 is 0.966 bits per heavy atom. The summed E-state index contributed by atoms with van der Waals surface area (Å²) < 4.78 is 10.5. The molecule has 3 aromatic rings. The van der Waals surface area contributed by atoms with Gasteiger partial charge in [0.1, 0.15) is 5.75 Å². The van der Waals surface area contributed by atoms with Gasteiger partial charge in [-0.15, -0.1) is 0 Å². The number of thiocarbonyl (C=S) groups is 1. The van der Waals surface area contributed by atoms with Gasteiger partial charge >= 0.3 is 0 Å². The molecule has 3 rings (SSSR count). The summed E-state index contributed by atoms with van der Waals surface area (Å²) in [5.74, 6) is 0.1000. The van der Waals surface area contributed by atoms with Crippen LogP contribution in [0.2, 0.25) is 0 Å². The Bertz CT molecular complexity index is 1020. The van der Waals surface area contributed by atoms with Gasteiger partial charge in [0.15, 0.2) is 10.9 Å². The first-order chi connectivity index (χ1) is 14.0. The van der Waals surface area contributed by atoms with Crippen LogP contribution in [0.1, 0.15) is 27.8 Å². The van der Waals surface area contributed by atoms with E-state index in [1.54, 1.807) is 60.7 Å². The number of benzene rings is 2. The van der Waals surface area contributed by atoms with E-state index in [0.29, 0.717) is 29.3 Å². The molecular formula is C21H19N3O4S. The number of carbonyl (C=O) groups is 2. The van der Waals surface area contributed by atoms with Crippen LogP contribution in [0.15, 0.2) is 71.3 Å². The molecule has 2 amide bonds. The van der Waals surface area contributed by atoms with Crippen LogP contribution in [0.25, 0.3) is 0 Å². The van der Waals surface area contributed by atoms with Gasteiger partial charge < -0.3 is 19.8 Å². The van der Waals surface area contributed by atoms with E-state index in [4.69, 9.17) is 21.4 Å². The van der Waals surface area contributed by atoms with Crippen LogP contribution >= 0.6 is 12.2 Å². The molecule has 0 unspecified atom stereocenters. The largest absolute Gasteiger partial charge is 0.494 e. The van der Waals surface area contributed by atoms with Crippen molar-refractivity contribution >= 4 is 40.5 Å². The van der Waals surface area contributed by atoms with Crippen molar-refractivity contribution in [3.63, 3.8) is 0 Å². The molecule has 148 valence electrons. The summed E-state index contributed by atoms with van der Waals surface area (Å²) in [5.41, 5.74) is 1.59. The summed E-state index contributed by atoms with van der Waals surface area (Å²) in [6.07, 6.45) is 1.43. The Morgan fingerprint density at radius 2 is 1.72 bits per heavy atom. The van der Waals surface area contributed by atoms with Gasteiger partial charge in [-0.2, -0.15) is 0 Å². The Labute approximate surface area is 173 Å². The molecule has 0 saturated carbocycles. The van der Waals surface area contributed by atoms with E-state index in [-0.39, 0.29) is 22.7 Å². The minimum atomic E-state index is -0.364. The maximum Gasteiger partial charge on any atom is 0.291 e. The third kappa shape index (κ3) is 5.66. The standard InChI is InChI=1S/C21H19N3O4S/c1-2-27-17-9-3-6-14(12-17)19(25)24-21(29)23-16-8-4-7-15(13-16)22-20(26)18-10-5-11-28-18/h3-13H,2H2,1H3,(H,22,26)(H2,23,24,25,29). The molecule has 0 bridgehead atoms. The molecule has 1 aromatic heterocycles. The van der Waals surface area contributed by atoms with Gasteiger partial charge in [0, 0.05) is 16.9 Å². The highest BCUT2D eigenvalue weighted by Gasteiger charge is 2.11. The lowest BCUT2D eigenvalue weighted by molar-refractivity contribution is 0.0974. The Morgan fingerprint density at radius 3 is 2.45 bits per heavy atom. The smallest absolute Gasteiger partial charge is 0.291 e. The number of hydrogen-bond donors (Lipinski definition) is 3. The lowest BCUT2D eigenvalue weighted by atomic mass is 10.2. The molecule has 0 aliphatic carbocycles. The van der Waals surface area contributed by atoms with Gasteiger partial charge in [0.25, 0.3) is 11.8 Å². The highest BCUT2D eigenvalue weighted by atomic mass is 32.1. The summed E-state index contributed by atoms with van der Waals surface area (Å²) in [6.45, 7) is 2.38. The highest BCUT2D eigenvalue weighted by Crippen LogP contribution is 2.17. The number of anilines is 2. The van der Waals surface area contributed by atoms with E-state index >= 15 is 0 Å². The summed E-state index contributed by atoms with van der Waals surface area (Å²) in [7, 11) is 0. The molecule has 1 heterocycles. The van der Waals surface area contributed by atoms with Crippen LogP contribution in [0.5, 0.6) is 5.75 Å². The molecule has 0 spiro atoms. The Hall–Kier alpha value is -3.65. The summed E-state index contributed by atoms with van der Waals surface area (Å²) >= 11 is 5.22. The van der Waals surface area contributed by atoms with Crippen molar-refractivity contribution in [2.24, 2.45) is 0 Å². The van der Waals surface area contributed by atoms with Gasteiger partial charge in [-0.25, -0.2) is 0 Å². The molecule has 0 aliphatic rings. The Balaban J connectivity index is 1.60. The zero-order chi connectivity index (χ0) is 20.6. The molecule has 7 nitrogen and oxygen atoms in total. The average Bonchev–Trinajstić information content (AvgIpc) is 3.23. The SMILES string of the molecule is CCOc1cccc(C(=O)NC(=S)Nc2cccc(NC(=O)c3ccco3)c2)c1. The van der Waals surface area contributed by atoms with E-state index in [0.717, 1.165) is 0 Å². The molecule has 0 atom stereocenters. The fraction of sp³-hybridized carbons (Fsp3) is 0.0952. The molecule has 0 aliphatic heterocycles. The van der Waals surface area contributed by atoms with Gasteiger partial charge in [-0.3, -0.25) is 14.9 Å². The van der Waals surface area contributed by atoms with Gasteiger partial charge in [0.2, 0.25) is 0 Å². The van der Waals surface area contributed by atoms with Crippen molar-refractivity contribution in [3.05, 3.63) is 78.3 Å². The van der Waals surface area contributed by atoms with Crippen LogP contribution in [0, 0.1) is 0 Å². The third-order valence-electron chi connectivity index (χ3n) is 3.76. The van der Waals surface area contributed by atoms with Crippen molar-refractivity contribution in [1.82, 2.24) is 5.32 Å². The molecule has 0 radical (unpaired) electrons. The van der Waals surface area contributed by atoms with E-state index in [2.05, 4.69) is 16.0 Å². The number of carbonyl (C=O) groups excluding carboxylic acids is 2. The molecular weight excluding hydrogens is 390 g/mol. The molecule has 0 fully saturated rings. The lowest BCUT2D eigenvalue weighted by Crippen LogP contribution is -2.34. The lowest BCUT2D eigenvalue weighted by Gasteiger charge is -2.11. The number of rotatable bonds is 6. The Kier molecular flexibility index (Phi) is 6.59. The fourth-order valence-electron chi connectivity index (χ4n) is 2.51. The second kappa shape index (κ2) is 9.52. The molecule has 29 heavy (non-hydrogen) atoms. The normalized spacial score (nSPS) is 10.1. The fourth-order valence-corrected chi connectivity index (χ4v) is 2.72. The predicted octanol–water partition coefficient (Wildman–Crippen LogP) is 4.06. The van der Waals surface area contributed by atoms with E-state index in [1.165, 1.54) is 6.26 Å². The first-order valence-corrected chi connectivity index (χ1v) is 9.26. The van der Waals surface area contributed by atoms with Crippen molar-refractivity contribution < 1.29 is 18.7 Å². The zero-order valence-corrected chi connectivity index (χ0v) is 16.4. The zero-order valence-electron chi connectivity index (χ0n) is 15.6. The maximum absolute atomic E-state index is 12.4. The maximum atomic E-state index is 12.4. The number of furan rings is 1. The average molecular weight is 409 g/mol. The number of nitrogens with one attached hydrogen (secondary N) is 3. The topological polar surface area (TPSA) is 92.6 Å². The number of hydrogen-bond acceptors (Lipinski definition) is 5. The second-order valence-electron chi connectivity index (χ2n) is 5.88. The van der Waals surface area contributed by atoms with Crippen LogP contribution in [-0.2, 0) is 0 Å². The van der Waals surface area contributed by atoms with Crippen molar-refractivity contribution in [1.29, 1.82) is 0 Å². The van der Waals surface area contributed by atoms with Crippen molar-refractivity contribution in [2.45, 2.75) is 6.92 Å². The van der Waals surface area contributed by atoms with Gasteiger partial charge in [0.05, 0.1) is 12.9 Å². The molecule has 8 heteroatoms. The number of amides is 2. The van der Waals surface area contributed by atoms with Crippen LogP contribution in [-0.4, -0.2) is 23.5 Å². The van der Waals surface area contributed by atoms with E-state index in [1.807, 2.05) is 6.92 Å². The minimum absolute atomic E-state index is 0.131. The monoisotopic (exact) mass is 409 g/mol. The van der Waals surface area contributed by atoms with Crippen LogP contribution in [0.3, 0.4) is 0 Å². The summed E-state index contributed by atoms with van der Waals surface area (Å²) in [5, 5.41) is 8.40. The van der Waals surface area contributed by atoms with Crippen LogP contribution < -0.4 is 20.7 Å². The molecule has 3 N–H and O–H groups in total. The van der Waals surface area contributed by atoms with Crippen molar-refractivity contribution in [2.75, 3.05) is 17.2 Å². The molecule has 2 aromatic carbocycles. The highest BCUT2D eigenvalue weighted by molar-refractivity contribution is 7.80. The van der Waals surface area contributed by atoms with Gasteiger partial charge in [-0.1, -0.05) is 12.1 Å². The quantitative estimate of drug-likeness (QED) is 0.532. The molecule has 0 saturated heterocycles. The summed E-state index contributed by atoms with van der Waals surface area (Å²) in [6, 6.07) is 17.0. The predicted molar refractivity (Wildman–Crippen MR) is 114 cm³/mol. The van der Waals surface area contributed by atoms with Gasteiger partial charge in [-0.05, 0) is 67.7 Å². The summed E-state index contributed by atoms with van der Waals surface area (Å²) in [4.78, 5) is 24.5. The number of ether oxygens (including phenoxy) is 1. The minimum Gasteiger partial charge on any atom is -0.494 e. The van der Waals surface area contributed by atoms with Crippen LogP contribution in [0.4, 0.5) is 11.4 Å². The van der Waals surface area contributed by atoms with E-state index in [9.17, 15) is 9.59 Å². The first-order valence-electron chi connectivity index (χ1n) is 8.85. The first kappa shape index (κ1) is 20.1. The van der Waals surface area contributed by atoms with E-state index < -0.39 is 0 Å². The second-order valence-corrected chi connectivity index (χ2v) is 6.29. The van der Waals surface area contributed by atoms with Crippen molar-refractivity contribution in [3.8, 4) is 5.75 Å².